The highest BCUT2D eigenvalue weighted by atomic mass is 32.1. The number of aryl methyl sites for hydroxylation is 2. The number of aliphatic imine (C=N–C) groups is 1. The van der Waals surface area contributed by atoms with Crippen LogP contribution in [0.15, 0.2) is 65.1 Å². The van der Waals surface area contributed by atoms with Crippen molar-refractivity contribution in [3.63, 3.8) is 0 Å². The van der Waals surface area contributed by atoms with Gasteiger partial charge in [-0.25, -0.2) is 9.98 Å². The molecule has 1 atom stereocenters. The summed E-state index contributed by atoms with van der Waals surface area (Å²) in [6, 6.07) is 17.3. The molecule has 0 radical (unpaired) electrons. The summed E-state index contributed by atoms with van der Waals surface area (Å²) in [6.45, 7) is 4.98. The van der Waals surface area contributed by atoms with Crippen molar-refractivity contribution in [1.82, 2.24) is 4.98 Å². The predicted molar refractivity (Wildman–Crippen MR) is 107 cm³/mol. The maximum atomic E-state index is 6.27. The van der Waals surface area contributed by atoms with Gasteiger partial charge in [-0.3, -0.25) is 4.90 Å². The molecule has 1 aliphatic rings. The fourth-order valence-electron chi connectivity index (χ4n) is 3.15. The van der Waals surface area contributed by atoms with E-state index >= 15 is 0 Å². The van der Waals surface area contributed by atoms with Gasteiger partial charge in [0, 0.05) is 18.1 Å². The first kappa shape index (κ1) is 16.8. The number of hydrogen-bond acceptors (Lipinski definition) is 5. The number of aromatic nitrogens is 1. The van der Waals surface area contributed by atoms with E-state index in [2.05, 4.69) is 60.1 Å². The van der Waals surface area contributed by atoms with Crippen molar-refractivity contribution in [1.29, 1.82) is 0 Å². The first-order chi connectivity index (χ1) is 12.7. The highest BCUT2D eigenvalue weighted by molar-refractivity contribution is 7.13. The van der Waals surface area contributed by atoms with E-state index in [1.165, 1.54) is 11.1 Å². The molecule has 4 nitrogen and oxygen atoms in total. The van der Waals surface area contributed by atoms with E-state index in [4.69, 9.17) is 9.73 Å². The number of nitrogens with zero attached hydrogens (tertiary/aromatic N) is 3. The average Bonchev–Trinajstić information content (AvgIpc) is 3.19. The van der Waals surface area contributed by atoms with Crippen molar-refractivity contribution < 1.29 is 4.74 Å². The molecule has 0 N–H and O–H groups in total. The third-order valence-electron chi connectivity index (χ3n) is 4.49. The second kappa shape index (κ2) is 7.30. The third-order valence-corrected chi connectivity index (χ3v) is 5.28. The fourth-order valence-corrected chi connectivity index (χ4v) is 3.81. The number of rotatable bonds is 3. The molecule has 1 aromatic heterocycles. The highest BCUT2D eigenvalue weighted by Gasteiger charge is 2.27. The average molecular weight is 363 g/mol. The van der Waals surface area contributed by atoms with Crippen LogP contribution >= 0.6 is 11.3 Å². The van der Waals surface area contributed by atoms with E-state index in [0.29, 0.717) is 6.02 Å². The molecule has 2 aromatic carbocycles. The second-order valence-corrected chi connectivity index (χ2v) is 7.34. The molecule has 5 heteroatoms. The number of benzene rings is 2. The quantitative estimate of drug-likeness (QED) is 0.646. The number of thiazole rings is 1. The first-order valence-electron chi connectivity index (χ1n) is 8.75. The topological polar surface area (TPSA) is 37.7 Å². The van der Waals surface area contributed by atoms with Gasteiger partial charge in [-0.2, -0.15) is 0 Å². The van der Waals surface area contributed by atoms with Crippen LogP contribution in [0.25, 0.3) is 0 Å². The van der Waals surface area contributed by atoms with Crippen molar-refractivity contribution in [3.8, 4) is 5.75 Å². The van der Waals surface area contributed by atoms with Gasteiger partial charge in [-0.15, -0.1) is 11.3 Å². The van der Waals surface area contributed by atoms with Gasteiger partial charge in [0.25, 0.3) is 6.02 Å². The molecule has 4 rings (SSSR count). The van der Waals surface area contributed by atoms with Gasteiger partial charge in [0.05, 0.1) is 6.04 Å². The summed E-state index contributed by atoms with van der Waals surface area (Å²) < 4.78 is 6.27. The van der Waals surface area contributed by atoms with E-state index in [1.54, 1.807) is 11.3 Å². The lowest BCUT2D eigenvalue weighted by atomic mass is 10.0. The van der Waals surface area contributed by atoms with Crippen LogP contribution in [-0.2, 0) is 0 Å². The van der Waals surface area contributed by atoms with E-state index in [1.807, 2.05) is 23.7 Å². The zero-order valence-corrected chi connectivity index (χ0v) is 15.7. The molecule has 1 unspecified atom stereocenters. The van der Waals surface area contributed by atoms with Crippen LogP contribution in [0.2, 0.25) is 0 Å². The minimum absolute atomic E-state index is 0.105. The summed E-state index contributed by atoms with van der Waals surface area (Å²) in [5, 5.41) is 2.90. The molecule has 3 aromatic rings. The normalized spacial score (nSPS) is 17.1. The van der Waals surface area contributed by atoms with Crippen molar-refractivity contribution in [2.75, 3.05) is 11.4 Å². The Morgan fingerprint density at radius 2 is 1.96 bits per heavy atom. The van der Waals surface area contributed by atoms with Gasteiger partial charge in [-0.1, -0.05) is 48.0 Å². The zero-order chi connectivity index (χ0) is 17.9. The standard InChI is InChI=1S/C21H21N3OS/c1-15-8-9-19(16(2)14-15)25-20-23-18(17-6-4-3-5-7-17)10-12-24(20)21-22-11-13-26-21/h3-9,11,13-14,18H,10,12H2,1-2H3. The van der Waals surface area contributed by atoms with Gasteiger partial charge in [0.15, 0.2) is 5.13 Å². The van der Waals surface area contributed by atoms with Gasteiger partial charge >= 0.3 is 0 Å². The van der Waals surface area contributed by atoms with Crippen molar-refractivity contribution in [2.24, 2.45) is 4.99 Å². The number of hydrogen-bond donors (Lipinski definition) is 0. The Morgan fingerprint density at radius 3 is 2.69 bits per heavy atom. The molecule has 0 saturated heterocycles. The summed E-state index contributed by atoms with van der Waals surface area (Å²) in [7, 11) is 0. The number of anilines is 1. The number of amidine groups is 1. The van der Waals surface area contributed by atoms with E-state index < -0.39 is 0 Å². The van der Waals surface area contributed by atoms with Crippen LogP contribution in [0.3, 0.4) is 0 Å². The van der Waals surface area contributed by atoms with Gasteiger partial charge in [0.1, 0.15) is 5.75 Å². The van der Waals surface area contributed by atoms with Crippen LogP contribution < -0.4 is 9.64 Å². The second-order valence-electron chi connectivity index (χ2n) is 6.46. The van der Waals surface area contributed by atoms with Crippen molar-refractivity contribution in [3.05, 3.63) is 76.8 Å². The van der Waals surface area contributed by atoms with Crippen LogP contribution in [0.5, 0.6) is 5.75 Å². The molecule has 0 aliphatic carbocycles. The van der Waals surface area contributed by atoms with Crippen molar-refractivity contribution in [2.45, 2.75) is 26.3 Å². The van der Waals surface area contributed by atoms with Crippen LogP contribution in [0.4, 0.5) is 5.13 Å². The van der Waals surface area contributed by atoms with Gasteiger partial charge < -0.3 is 4.74 Å². The van der Waals surface area contributed by atoms with E-state index in [-0.39, 0.29) is 6.04 Å². The minimum atomic E-state index is 0.105. The molecule has 1 aliphatic heterocycles. The van der Waals surface area contributed by atoms with Crippen LogP contribution in [0.1, 0.15) is 29.2 Å². The van der Waals surface area contributed by atoms with E-state index in [9.17, 15) is 0 Å². The molecule has 2 heterocycles. The third kappa shape index (κ3) is 3.48. The lowest BCUT2D eigenvalue weighted by Crippen LogP contribution is -2.40. The lowest BCUT2D eigenvalue weighted by Gasteiger charge is -2.30. The summed E-state index contributed by atoms with van der Waals surface area (Å²) in [6.07, 6.45) is 2.75. The highest BCUT2D eigenvalue weighted by Crippen LogP contribution is 2.31. The Bertz CT molecular complexity index is 906. The van der Waals surface area contributed by atoms with Gasteiger partial charge in [-0.05, 0) is 37.5 Å². The molecule has 0 spiro atoms. The summed E-state index contributed by atoms with van der Waals surface area (Å²) in [5.41, 5.74) is 3.54. The maximum Gasteiger partial charge on any atom is 0.299 e. The molecule has 0 fully saturated rings. The van der Waals surface area contributed by atoms with Crippen molar-refractivity contribution >= 4 is 22.5 Å². The molecule has 0 amide bonds. The lowest BCUT2D eigenvalue weighted by molar-refractivity contribution is 0.487. The molecule has 132 valence electrons. The van der Waals surface area contributed by atoms with Crippen LogP contribution in [0, 0.1) is 13.8 Å². The largest absolute Gasteiger partial charge is 0.425 e. The monoisotopic (exact) mass is 363 g/mol. The predicted octanol–water partition coefficient (Wildman–Crippen LogP) is 5.15. The number of ether oxygens (including phenoxy) is 1. The molecule has 26 heavy (non-hydrogen) atoms. The minimum Gasteiger partial charge on any atom is -0.425 e. The Balaban J connectivity index is 1.69. The summed E-state index contributed by atoms with van der Waals surface area (Å²) in [4.78, 5) is 11.5. The Kier molecular flexibility index (Phi) is 4.71. The maximum absolute atomic E-state index is 6.27. The Hall–Kier alpha value is -2.66. The molecular formula is C21H21N3OS. The molecule has 0 saturated carbocycles. The fraction of sp³-hybridized carbons (Fsp3) is 0.238. The Morgan fingerprint density at radius 1 is 1.12 bits per heavy atom. The molecule has 0 bridgehead atoms. The smallest absolute Gasteiger partial charge is 0.299 e. The molecular weight excluding hydrogens is 342 g/mol. The summed E-state index contributed by atoms with van der Waals surface area (Å²) >= 11 is 1.60. The SMILES string of the molecule is Cc1ccc(OC2=NC(c3ccccc3)CCN2c2nccs2)c(C)c1. The first-order valence-corrected chi connectivity index (χ1v) is 9.63. The van der Waals surface area contributed by atoms with Crippen LogP contribution in [-0.4, -0.2) is 17.6 Å². The van der Waals surface area contributed by atoms with E-state index in [0.717, 1.165) is 29.4 Å². The zero-order valence-electron chi connectivity index (χ0n) is 14.9. The Labute approximate surface area is 157 Å². The summed E-state index contributed by atoms with van der Waals surface area (Å²) in [5.74, 6) is 0.838. The van der Waals surface area contributed by atoms with Gasteiger partial charge in [0.2, 0.25) is 0 Å².